The molecule has 2 fully saturated rings. The maximum absolute atomic E-state index is 11.4. The zero-order chi connectivity index (χ0) is 22.1. The van der Waals surface area contributed by atoms with E-state index in [-0.39, 0.29) is 0 Å². The lowest BCUT2D eigenvalue weighted by Crippen LogP contribution is -2.47. The number of hydrogen-bond acceptors (Lipinski definition) is 9. The fourth-order valence-corrected chi connectivity index (χ4v) is 5.61. The highest BCUT2D eigenvalue weighted by molar-refractivity contribution is 7.17. The summed E-state index contributed by atoms with van der Waals surface area (Å²) < 4.78 is 0. The Morgan fingerprint density at radius 2 is 2.12 bits per heavy atom. The first kappa shape index (κ1) is 20.6. The quantitative estimate of drug-likeness (QED) is 0.502. The van der Waals surface area contributed by atoms with Crippen molar-refractivity contribution in [2.45, 2.75) is 50.2 Å². The summed E-state index contributed by atoms with van der Waals surface area (Å²) in [4.78, 5) is 27.8. The largest absolute Gasteiger partial charge is 0.367 e. The molecule has 2 aliphatic rings. The molecular formula is C22H24N8OS. The van der Waals surface area contributed by atoms with E-state index in [2.05, 4.69) is 31.6 Å². The van der Waals surface area contributed by atoms with Crippen molar-refractivity contribution in [2.24, 2.45) is 5.73 Å². The normalized spacial score (nSPS) is 22.5. The first-order valence-electron chi connectivity index (χ1n) is 10.8. The van der Waals surface area contributed by atoms with Crippen LogP contribution in [0.15, 0.2) is 30.6 Å². The van der Waals surface area contributed by atoms with Gasteiger partial charge >= 0.3 is 0 Å². The van der Waals surface area contributed by atoms with Crippen LogP contribution >= 0.6 is 11.3 Å². The van der Waals surface area contributed by atoms with Crippen LogP contribution in [0.1, 0.15) is 41.8 Å². The lowest BCUT2D eigenvalue weighted by molar-refractivity contribution is 0.100. The highest BCUT2D eigenvalue weighted by Crippen LogP contribution is 2.37. The second kappa shape index (κ2) is 8.68. The van der Waals surface area contributed by atoms with Crippen molar-refractivity contribution in [3.05, 3.63) is 35.5 Å². The molecule has 10 heteroatoms. The summed E-state index contributed by atoms with van der Waals surface area (Å²) in [5.41, 5.74) is 6.16. The molecule has 3 aromatic heterocycles. The topological polar surface area (TPSA) is 133 Å². The zero-order valence-corrected chi connectivity index (χ0v) is 18.3. The highest BCUT2D eigenvalue weighted by atomic mass is 32.1. The maximum Gasteiger partial charge on any atom is 0.260 e. The van der Waals surface area contributed by atoms with Crippen LogP contribution in [0, 0.1) is 11.3 Å². The molecule has 5 rings (SSSR count). The lowest BCUT2D eigenvalue weighted by Gasteiger charge is -2.39. The Bertz CT molecular complexity index is 1170. The average Bonchev–Trinajstić information content (AvgIpc) is 3.34. The van der Waals surface area contributed by atoms with Crippen LogP contribution in [-0.2, 0) is 0 Å². The summed E-state index contributed by atoms with van der Waals surface area (Å²) in [6, 6.07) is 9.45. The number of nitriles is 1. The molecule has 4 N–H and O–H groups in total. The van der Waals surface area contributed by atoms with Gasteiger partial charge in [0, 0.05) is 48.7 Å². The minimum absolute atomic E-state index is 0.318. The smallest absolute Gasteiger partial charge is 0.260 e. The second-order valence-electron chi connectivity index (χ2n) is 8.29. The van der Waals surface area contributed by atoms with Gasteiger partial charge in [-0.05, 0) is 37.8 Å². The van der Waals surface area contributed by atoms with Crippen LogP contribution < -0.4 is 16.4 Å². The molecule has 2 saturated heterocycles. The third kappa shape index (κ3) is 4.09. The number of carbonyl (C=O) groups excluding carboxylic acids is 1. The van der Waals surface area contributed by atoms with E-state index in [0.717, 1.165) is 36.1 Å². The van der Waals surface area contributed by atoms with E-state index >= 15 is 0 Å². The van der Waals surface area contributed by atoms with Gasteiger partial charge < -0.3 is 16.4 Å². The van der Waals surface area contributed by atoms with Crippen LogP contribution in [0.2, 0.25) is 0 Å². The molecule has 0 unspecified atom stereocenters. The molecule has 0 radical (unpaired) electrons. The van der Waals surface area contributed by atoms with Crippen molar-refractivity contribution in [3.63, 3.8) is 0 Å². The molecule has 9 nitrogen and oxygen atoms in total. The van der Waals surface area contributed by atoms with Gasteiger partial charge in [0.1, 0.15) is 16.5 Å². The number of primary amides is 1. The summed E-state index contributed by atoms with van der Waals surface area (Å²) in [5.74, 6) is 0.903. The fourth-order valence-electron chi connectivity index (χ4n) is 4.93. The monoisotopic (exact) mass is 448 g/mol. The molecule has 164 valence electrons. The number of anilines is 3. The average molecular weight is 449 g/mol. The van der Waals surface area contributed by atoms with E-state index < -0.39 is 5.91 Å². The fraction of sp³-hybridized carbons (Fsp3) is 0.409. The predicted octanol–water partition coefficient (Wildman–Crippen LogP) is 3.25. The third-order valence-corrected chi connectivity index (χ3v) is 7.22. The van der Waals surface area contributed by atoms with Crippen molar-refractivity contribution in [1.82, 2.24) is 19.9 Å². The van der Waals surface area contributed by atoms with Gasteiger partial charge in [0.2, 0.25) is 0 Å². The minimum Gasteiger partial charge on any atom is -0.367 e. The van der Waals surface area contributed by atoms with E-state index in [1.54, 1.807) is 6.20 Å². The Hall–Kier alpha value is -3.29. The first-order chi connectivity index (χ1) is 15.6. The van der Waals surface area contributed by atoms with E-state index in [0.29, 0.717) is 40.4 Å². The molecule has 3 aromatic rings. The van der Waals surface area contributed by atoms with Crippen LogP contribution in [0.25, 0.3) is 10.9 Å². The van der Waals surface area contributed by atoms with E-state index in [1.165, 1.54) is 30.4 Å². The molecule has 3 atom stereocenters. The molecule has 0 saturated carbocycles. The van der Waals surface area contributed by atoms with Gasteiger partial charge in [-0.2, -0.15) is 5.26 Å². The Labute approximate surface area is 189 Å². The van der Waals surface area contributed by atoms with Crippen molar-refractivity contribution in [1.29, 1.82) is 5.26 Å². The summed E-state index contributed by atoms with van der Waals surface area (Å²) in [7, 11) is 0. The Morgan fingerprint density at radius 1 is 1.31 bits per heavy atom. The summed E-state index contributed by atoms with van der Waals surface area (Å²) in [6.45, 7) is 0.865. The van der Waals surface area contributed by atoms with Gasteiger partial charge in [-0.1, -0.05) is 11.3 Å². The van der Waals surface area contributed by atoms with Gasteiger partial charge in [-0.15, -0.1) is 0 Å². The molecule has 2 aliphatic heterocycles. The van der Waals surface area contributed by atoms with Gasteiger partial charge in [-0.25, -0.2) is 9.97 Å². The second-order valence-corrected chi connectivity index (χ2v) is 9.32. The summed E-state index contributed by atoms with van der Waals surface area (Å²) >= 11 is 1.19. The number of rotatable bonds is 7. The number of piperidine rings is 1. The number of carbonyl (C=O) groups is 1. The number of nitrogens with two attached hydrogens (primary N) is 1. The molecule has 5 heterocycles. The van der Waals surface area contributed by atoms with Crippen molar-refractivity contribution >= 4 is 44.9 Å². The van der Waals surface area contributed by atoms with Gasteiger partial charge in [0.25, 0.3) is 5.91 Å². The van der Waals surface area contributed by atoms with Crippen LogP contribution in [0.5, 0.6) is 0 Å². The maximum atomic E-state index is 11.4. The molecule has 0 aliphatic carbocycles. The van der Waals surface area contributed by atoms with Crippen molar-refractivity contribution in [2.75, 3.05) is 17.2 Å². The summed E-state index contributed by atoms with van der Waals surface area (Å²) in [5, 5.41) is 17.3. The Balaban J connectivity index is 1.37. The number of hydrogen-bond donors (Lipinski definition) is 3. The number of fused-ring (bicyclic) bond motifs is 3. The standard InChI is InChI=1S/C22H24N8OS/c23-6-2-8-30-14-4-5-15(30)10-13(9-14)27-21-16-3-1-7-25-17(16)11-19(28-21)29-22-26-12-18(32-22)20(24)31/h1,3,7,11-15H,2,4-5,8-10H2,(H2,24,31)(H2,26,27,28,29)/t13-,14-,15+. The number of thiazole rings is 1. The number of nitrogens with zero attached hydrogens (tertiary/aromatic N) is 5. The van der Waals surface area contributed by atoms with Crippen LogP contribution in [0.4, 0.5) is 16.8 Å². The third-order valence-electron chi connectivity index (χ3n) is 6.29. The van der Waals surface area contributed by atoms with E-state index in [4.69, 9.17) is 16.0 Å². The molecule has 0 spiro atoms. The number of amides is 1. The van der Waals surface area contributed by atoms with Gasteiger partial charge in [0.15, 0.2) is 5.13 Å². The number of aromatic nitrogens is 3. The van der Waals surface area contributed by atoms with Crippen molar-refractivity contribution < 1.29 is 4.79 Å². The number of pyridine rings is 2. The number of nitrogens with one attached hydrogen (secondary N) is 2. The van der Waals surface area contributed by atoms with Gasteiger partial charge in [-0.3, -0.25) is 14.7 Å². The minimum atomic E-state index is -0.498. The first-order valence-corrected chi connectivity index (χ1v) is 11.6. The molecule has 32 heavy (non-hydrogen) atoms. The molecular weight excluding hydrogens is 424 g/mol. The Morgan fingerprint density at radius 3 is 2.84 bits per heavy atom. The Kier molecular flexibility index (Phi) is 5.59. The summed E-state index contributed by atoms with van der Waals surface area (Å²) in [6.07, 6.45) is 8.28. The zero-order valence-electron chi connectivity index (χ0n) is 17.5. The van der Waals surface area contributed by atoms with Crippen LogP contribution in [0.3, 0.4) is 0 Å². The highest BCUT2D eigenvalue weighted by Gasteiger charge is 2.40. The molecule has 2 bridgehead atoms. The SMILES string of the molecule is N#CCCN1[C@@H]2CC[C@H]1C[C@H](Nc1nc(Nc3ncc(C(N)=O)s3)cc3ncccc13)C2. The lowest BCUT2D eigenvalue weighted by atomic mass is 9.97. The van der Waals surface area contributed by atoms with Crippen molar-refractivity contribution in [3.8, 4) is 6.07 Å². The van der Waals surface area contributed by atoms with Crippen LogP contribution in [-0.4, -0.2) is 50.4 Å². The van der Waals surface area contributed by atoms with Gasteiger partial charge in [0.05, 0.1) is 17.8 Å². The molecule has 1 amide bonds. The molecule has 0 aromatic carbocycles. The van der Waals surface area contributed by atoms with E-state index in [9.17, 15) is 4.79 Å². The van der Waals surface area contributed by atoms with E-state index in [1.807, 2.05) is 18.2 Å². The predicted molar refractivity (Wildman–Crippen MR) is 124 cm³/mol.